The number of carboxylic acids is 1. The molecule has 0 bridgehead atoms. The predicted molar refractivity (Wildman–Crippen MR) is 89.2 cm³/mol. The minimum atomic E-state index is -1.07. The summed E-state index contributed by atoms with van der Waals surface area (Å²) in [5, 5.41) is 8.76. The van der Waals surface area contributed by atoms with Gasteiger partial charge in [0.2, 0.25) is 0 Å². The minimum Gasteiger partial charge on any atom is -0.490 e. The average Bonchev–Trinajstić information content (AvgIpc) is 2.58. The highest BCUT2D eigenvalue weighted by molar-refractivity contribution is 5.95. The molecule has 1 saturated heterocycles. The van der Waals surface area contributed by atoms with Crippen LogP contribution < -0.4 is 9.47 Å². The summed E-state index contributed by atoms with van der Waals surface area (Å²) in [5.74, 6) is -0.414. The van der Waals surface area contributed by atoms with Gasteiger partial charge in [-0.15, -0.1) is 0 Å². The first-order chi connectivity index (χ1) is 12.1. The topological polar surface area (TPSA) is 85.3 Å². The maximum absolute atomic E-state index is 13.0. The Morgan fingerprint density at radius 1 is 1.28 bits per heavy atom. The van der Waals surface area contributed by atoms with Crippen molar-refractivity contribution < 1.29 is 28.9 Å². The molecule has 136 valence electrons. The third-order valence-electron chi connectivity index (χ3n) is 4.77. The lowest BCUT2D eigenvalue weighted by atomic mass is 9.75. The second-order valence-electron chi connectivity index (χ2n) is 6.36. The Balaban J connectivity index is 1.82. The third-order valence-corrected chi connectivity index (χ3v) is 4.77. The van der Waals surface area contributed by atoms with Crippen LogP contribution >= 0.6 is 0 Å². The number of hydrogen-bond acceptors (Lipinski definition) is 5. The van der Waals surface area contributed by atoms with Gasteiger partial charge in [-0.05, 0) is 44.4 Å². The fourth-order valence-corrected chi connectivity index (χ4v) is 3.37. The number of benzene rings is 1. The van der Waals surface area contributed by atoms with Crippen LogP contribution in [-0.4, -0.2) is 60.4 Å². The van der Waals surface area contributed by atoms with E-state index >= 15 is 0 Å². The second kappa shape index (κ2) is 7.31. The molecule has 0 aromatic heterocycles. The van der Waals surface area contributed by atoms with Crippen LogP contribution in [0.3, 0.4) is 0 Å². The highest BCUT2D eigenvalue weighted by Crippen LogP contribution is 2.41. The highest BCUT2D eigenvalue weighted by Gasteiger charge is 2.47. The van der Waals surface area contributed by atoms with Gasteiger partial charge in [-0.25, -0.2) is 4.79 Å². The first-order valence-electron chi connectivity index (χ1n) is 8.57. The molecule has 1 aromatic rings. The summed E-state index contributed by atoms with van der Waals surface area (Å²) in [6.45, 7) is 3.48. The molecule has 0 atom stereocenters. The summed E-state index contributed by atoms with van der Waals surface area (Å²) in [5.41, 5.74) is 0.346. The number of nitrogens with zero attached hydrogens (tertiary/aromatic N) is 1. The molecule has 0 radical (unpaired) electrons. The van der Waals surface area contributed by atoms with Crippen LogP contribution in [0.1, 0.15) is 36.5 Å². The van der Waals surface area contributed by atoms with Gasteiger partial charge in [0.25, 0.3) is 5.91 Å². The van der Waals surface area contributed by atoms with Crippen LogP contribution in [0.4, 0.5) is 0 Å². The van der Waals surface area contributed by atoms with Crippen molar-refractivity contribution in [1.29, 1.82) is 0 Å². The van der Waals surface area contributed by atoms with Crippen molar-refractivity contribution in [3.05, 3.63) is 23.8 Å². The van der Waals surface area contributed by atoms with Gasteiger partial charge in [0.15, 0.2) is 18.1 Å². The van der Waals surface area contributed by atoms with Crippen molar-refractivity contribution >= 4 is 11.9 Å². The normalized spacial score (nSPS) is 18.5. The van der Waals surface area contributed by atoms with Crippen LogP contribution in [0.15, 0.2) is 18.2 Å². The molecular weight excluding hydrogens is 326 g/mol. The number of morpholine rings is 1. The molecule has 1 N–H and O–H groups in total. The maximum atomic E-state index is 13.0. The first kappa shape index (κ1) is 17.5. The molecule has 1 aromatic carbocycles. The van der Waals surface area contributed by atoms with Crippen LogP contribution in [0.2, 0.25) is 0 Å². The molecule has 2 fully saturated rings. The van der Waals surface area contributed by atoms with E-state index in [1.165, 1.54) is 0 Å². The fraction of sp³-hybridized carbons (Fsp3) is 0.556. The van der Waals surface area contributed by atoms with Crippen molar-refractivity contribution in [2.45, 2.75) is 31.7 Å². The molecule has 1 heterocycles. The molecule has 1 spiro atoms. The number of ether oxygens (including phenoxy) is 3. The molecule has 1 saturated carbocycles. The van der Waals surface area contributed by atoms with Crippen molar-refractivity contribution in [2.75, 3.05) is 33.0 Å². The molecule has 1 amide bonds. The van der Waals surface area contributed by atoms with Gasteiger partial charge in [-0.1, -0.05) is 0 Å². The lowest BCUT2D eigenvalue weighted by Crippen LogP contribution is -2.62. The zero-order valence-electron chi connectivity index (χ0n) is 14.3. The standard InChI is InChI=1S/C18H23NO6/c1-2-24-15-10-13(4-5-14(15)25-11-16(20)21)17(22)19-8-9-23-12-18(19)6-3-7-18/h4-5,10H,2-3,6-9,11-12H2,1H3,(H,20,21). The van der Waals surface area contributed by atoms with E-state index < -0.39 is 12.6 Å². The van der Waals surface area contributed by atoms with Crippen molar-refractivity contribution in [2.24, 2.45) is 0 Å². The van der Waals surface area contributed by atoms with Crippen molar-refractivity contribution in [3.8, 4) is 11.5 Å². The quantitative estimate of drug-likeness (QED) is 0.845. The van der Waals surface area contributed by atoms with Crippen LogP contribution in [0.5, 0.6) is 11.5 Å². The molecule has 1 aliphatic carbocycles. The zero-order valence-corrected chi connectivity index (χ0v) is 14.3. The van der Waals surface area contributed by atoms with Crippen molar-refractivity contribution in [3.63, 3.8) is 0 Å². The molecule has 7 nitrogen and oxygen atoms in total. The molecular formula is C18H23NO6. The summed E-state index contributed by atoms with van der Waals surface area (Å²) in [6, 6.07) is 4.88. The third kappa shape index (κ3) is 3.56. The van der Waals surface area contributed by atoms with Gasteiger partial charge < -0.3 is 24.2 Å². The van der Waals surface area contributed by atoms with E-state index in [1.54, 1.807) is 18.2 Å². The molecule has 25 heavy (non-hydrogen) atoms. The molecule has 3 rings (SSSR count). The fourth-order valence-electron chi connectivity index (χ4n) is 3.37. The van der Waals surface area contributed by atoms with Gasteiger partial charge in [-0.3, -0.25) is 4.79 Å². The Morgan fingerprint density at radius 3 is 2.72 bits per heavy atom. The van der Waals surface area contributed by atoms with E-state index in [4.69, 9.17) is 19.3 Å². The molecule has 2 aliphatic rings. The van der Waals surface area contributed by atoms with Gasteiger partial charge in [-0.2, -0.15) is 0 Å². The maximum Gasteiger partial charge on any atom is 0.341 e. The minimum absolute atomic E-state index is 0.0475. The van der Waals surface area contributed by atoms with E-state index in [2.05, 4.69) is 0 Å². The van der Waals surface area contributed by atoms with E-state index in [0.717, 1.165) is 19.3 Å². The number of amides is 1. The Kier molecular flexibility index (Phi) is 5.13. The van der Waals surface area contributed by atoms with Crippen LogP contribution in [0, 0.1) is 0 Å². The molecule has 0 unspecified atom stereocenters. The second-order valence-corrected chi connectivity index (χ2v) is 6.36. The Bertz CT molecular complexity index is 655. The van der Waals surface area contributed by atoms with Gasteiger partial charge in [0.05, 0.1) is 25.4 Å². The lowest BCUT2D eigenvalue weighted by Gasteiger charge is -2.52. The van der Waals surface area contributed by atoms with Gasteiger partial charge in [0, 0.05) is 12.1 Å². The van der Waals surface area contributed by atoms with E-state index in [1.807, 2.05) is 11.8 Å². The average molecular weight is 349 g/mol. The summed E-state index contributed by atoms with van der Waals surface area (Å²) in [4.78, 5) is 25.6. The monoisotopic (exact) mass is 349 g/mol. The number of carbonyl (C=O) groups excluding carboxylic acids is 1. The zero-order chi connectivity index (χ0) is 17.9. The van der Waals surface area contributed by atoms with Crippen LogP contribution in [-0.2, 0) is 9.53 Å². The Hall–Kier alpha value is -2.28. The Labute approximate surface area is 146 Å². The smallest absolute Gasteiger partial charge is 0.341 e. The predicted octanol–water partition coefficient (Wildman–Crippen LogP) is 1.94. The van der Waals surface area contributed by atoms with E-state index in [-0.39, 0.29) is 11.4 Å². The number of hydrogen-bond donors (Lipinski definition) is 1. The van der Waals surface area contributed by atoms with Gasteiger partial charge in [0.1, 0.15) is 0 Å². The van der Waals surface area contributed by atoms with E-state index in [0.29, 0.717) is 43.4 Å². The summed E-state index contributed by atoms with van der Waals surface area (Å²) < 4.78 is 16.3. The largest absolute Gasteiger partial charge is 0.490 e. The number of carboxylic acid groups (broad SMARTS) is 1. The molecule has 7 heteroatoms. The molecule has 1 aliphatic heterocycles. The number of carbonyl (C=O) groups is 2. The SMILES string of the molecule is CCOc1cc(C(=O)N2CCOCC23CCC3)ccc1OCC(=O)O. The summed E-state index contributed by atoms with van der Waals surface area (Å²) in [6.07, 6.45) is 3.05. The lowest BCUT2D eigenvalue weighted by molar-refractivity contribution is -0.139. The van der Waals surface area contributed by atoms with Crippen molar-refractivity contribution in [1.82, 2.24) is 4.90 Å². The first-order valence-corrected chi connectivity index (χ1v) is 8.57. The van der Waals surface area contributed by atoms with Crippen LogP contribution in [0.25, 0.3) is 0 Å². The summed E-state index contributed by atoms with van der Waals surface area (Å²) in [7, 11) is 0. The Morgan fingerprint density at radius 2 is 2.08 bits per heavy atom. The van der Waals surface area contributed by atoms with E-state index in [9.17, 15) is 9.59 Å². The number of aliphatic carboxylic acids is 1. The number of rotatable bonds is 6. The highest BCUT2D eigenvalue weighted by atomic mass is 16.5. The van der Waals surface area contributed by atoms with Gasteiger partial charge >= 0.3 is 5.97 Å². The summed E-state index contributed by atoms with van der Waals surface area (Å²) >= 11 is 0.